The number of carboxylic acid groups (broad SMARTS) is 1. The Balaban J connectivity index is 2.41. The lowest BCUT2D eigenvalue weighted by Gasteiger charge is -2.35. The number of carbonyl (C=O) groups excluding carboxylic acids is 1. The van der Waals surface area contributed by atoms with E-state index in [4.69, 9.17) is 5.11 Å². The van der Waals surface area contributed by atoms with Crippen LogP contribution in [0, 0.1) is 11.8 Å². The number of amides is 1. The third-order valence-electron chi connectivity index (χ3n) is 3.60. The van der Waals surface area contributed by atoms with Crippen LogP contribution in [0.1, 0.15) is 26.2 Å². The lowest BCUT2D eigenvalue weighted by atomic mass is 9.84. The zero-order valence-electron chi connectivity index (χ0n) is 11.9. The van der Waals surface area contributed by atoms with E-state index in [1.807, 2.05) is 6.92 Å². The number of carboxylic acids is 1. The lowest BCUT2D eigenvalue weighted by molar-refractivity contribution is -0.178. The van der Waals surface area contributed by atoms with Crippen molar-refractivity contribution in [1.82, 2.24) is 4.90 Å². The molecule has 0 aliphatic carbocycles. The molecular formula is C13H20F3NO4. The number of nitrogens with zero attached hydrogens (tertiary/aromatic N) is 1. The number of aliphatic carboxylic acids is 1. The van der Waals surface area contributed by atoms with Gasteiger partial charge in [-0.1, -0.05) is 6.92 Å². The molecule has 8 heteroatoms. The number of rotatable bonds is 6. The first-order valence-corrected chi connectivity index (χ1v) is 6.83. The fourth-order valence-electron chi connectivity index (χ4n) is 2.49. The standard InChI is InChI=1S/C13H20F3NO4/c1-9(5-12(19)20)10-3-2-4-17(6-10)11(18)7-21-8-13(14,15)16/h9-10H,2-8H2,1H3,(H,19,20). The molecule has 1 saturated heterocycles. The predicted octanol–water partition coefficient (Wildman–Crippen LogP) is 1.91. The molecule has 0 aromatic rings. The summed E-state index contributed by atoms with van der Waals surface area (Å²) in [7, 11) is 0. The fraction of sp³-hybridized carbons (Fsp3) is 0.846. The fourth-order valence-corrected chi connectivity index (χ4v) is 2.49. The van der Waals surface area contributed by atoms with Crippen LogP contribution in [-0.2, 0) is 14.3 Å². The molecule has 2 atom stereocenters. The number of hydrogen-bond acceptors (Lipinski definition) is 3. The number of halogens is 3. The summed E-state index contributed by atoms with van der Waals surface area (Å²) in [6, 6.07) is 0. The number of ether oxygens (including phenoxy) is 1. The van der Waals surface area contributed by atoms with Crippen molar-refractivity contribution in [1.29, 1.82) is 0 Å². The minimum atomic E-state index is -4.44. The van der Waals surface area contributed by atoms with Gasteiger partial charge in [-0.2, -0.15) is 13.2 Å². The quantitative estimate of drug-likeness (QED) is 0.814. The van der Waals surface area contributed by atoms with Crippen molar-refractivity contribution in [2.75, 3.05) is 26.3 Å². The average molecular weight is 311 g/mol. The Morgan fingerprint density at radius 1 is 1.43 bits per heavy atom. The van der Waals surface area contributed by atoms with Gasteiger partial charge in [0.25, 0.3) is 0 Å². The van der Waals surface area contributed by atoms with Gasteiger partial charge in [0.2, 0.25) is 5.91 Å². The molecule has 1 amide bonds. The van der Waals surface area contributed by atoms with Crippen molar-refractivity contribution in [3.63, 3.8) is 0 Å². The molecule has 1 aliphatic heterocycles. The van der Waals surface area contributed by atoms with Gasteiger partial charge in [-0.25, -0.2) is 0 Å². The highest BCUT2D eigenvalue weighted by Crippen LogP contribution is 2.26. The van der Waals surface area contributed by atoms with Crippen molar-refractivity contribution >= 4 is 11.9 Å². The maximum atomic E-state index is 11.9. The van der Waals surface area contributed by atoms with Crippen LogP contribution in [0.4, 0.5) is 13.2 Å². The van der Waals surface area contributed by atoms with Crippen LogP contribution in [0.25, 0.3) is 0 Å². The van der Waals surface area contributed by atoms with Crippen LogP contribution in [0.3, 0.4) is 0 Å². The summed E-state index contributed by atoms with van der Waals surface area (Å²) in [5, 5.41) is 8.77. The number of likely N-dealkylation sites (tertiary alicyclic amines) is 1. The summed E-state index contributed by atoms with van der Waals surface area (Å²) in [4.78, 5) is 23.9. The van der Waals surface area contributed by atoms with Crippen LogP contribution < -0.4 is 0 Å². The van der Waals surface area contributed by atoms with E-state index in [0.29, 0.717) is 13.1 Å². The van der Waals surface area contributed by atoms with E-state index in [-0.39, 0.29) is 18.3 Å². The van der Waals surface area contributed by atoms with Gasteiger partial charge in [-0.3, -0.25) is 9.59 Å². The Hall–Kier alpha value is -1.31. The molecule has 1 aliphatic rings. The Morgan fingerprint density at radius 2 is 2.10 bits per heavy atom. The smallest absolute Gasteiger partial charge is 0.411 e. The van der Waals surface area contributed by atoms with Gasteiger partial charge in [0, 0.05) is 19.5 Å². The Kier molecular flexibility index (Phi) is 6.44. The topological polar surface area (TPSA) is 66.8 Å². The van der Waals surface area contributed by atoms with Crippen molar-refractivity contribution in [2.24, 2.45) is 11.8 Å². The van der Waals surface area contributed by atoms with Crippen molar-refractivity contribution in [2.45, 2.75) is 32.4 Å². The molecule has 0 spiro atoms. The molecule has 1 rings (SSSR count). The number of piperidine rings is 1. The third kappa shape index (κ3) is 6.79. The summed E-state index contributed by atoms with van der Waals surface area (Å²) in [6.07, 6.45) is -2.88. The molecule has 1 fully saturated rings. The van der Waals surface area contributed by atoms with Gasteiger partial charge < -0.3 is 14.7 Å². The van der Waals surface area contributed by atoms with Gasteiger partial charge in [-0.15, -0.1) is 0 Å². The Morgan fingerprint density at radius 3 is 2.67 bits per heavy atom. The summed E-state index contributed by atoms with van der Waals surface area (Å²) >= 11 is 0. The molecule has 0 bridgehead atoms. The molecule has 2 unspecified atom stereocenters. The summed E-state index contributed by atoms with van der Waals surface area (Å²) in [6.45, 7) is 0.630. The van der Waals surface area contributed by atoms with Crippen molar-refractivity contribution < 1.29 is 32.6 Å². The summed E-state index contributed by atoms with van der Waals surface area (Å²) in [5.74, 6) is -1.39. The van der Waals surface area contributed by atoms with Crippen LogP contribution in [-0.4, -0.2) is 54.4 Å². The molecule has 1 heterocycles. The number of hydrogen-bond donors (Lipinski definition) is 1. The Labute approximate surface area is 121 Å². The summed E-state index contributed by atoms with van der Waals surface area (Å²) in [5.41, 5.74) is 0. The average Bonchev–Trinajstić information content (AvgIpc) is 2.36. The highest BCUT2D eigenvalue weighted by atomic mass is 19.4. The van der Waals surface area contributed by atoms with Crippen molar-refractivity contribution in [3.05, 3.63) is 0 Å². The molecule has 0 aromatic carbocycles. The normalized spacial score (nSPS) is 21.1. The number of carbonyl (C=O) groups is 2. The maximum Gasteiger partial charge on any atom is 0.411 e. The third-order valence-corrected chi connectivity index (χ3v) is 3.60. The maximum absolute atomic E-state index is 11.9. The predicted molar refractivity (Wildman–Crippen MR) is 67.6 cm³/mol. The monoisotopic (exact) mass is 311 g/mol. The minimum absolute atomic E-state index is 0.0251. The van der Waals surface area contributed by atoms with Gasteiger partial charge in [0.1, 0.15) is 13.2 Å². The largest absolute Gasteiger partial charge is 0.481 e. The van der Waals surface area contributed by atoms with E-state index < -0.39 is 31.3 Å². The van der Waals surface area contributed by atoms with Gasteiger partial charge in [0.05, 0.1) is 0 Å². The second kappa shape index (κ2) is 7.63. The van der Waals surface area contributed by atoms with E-state index in [9.17, 15) is 22.8 Å². The molecule has 122 valence electrons. The summed E-state index contributed by atoms with van der Waals surface area (Å²) < 4.78 is 40.2. The first kappa shape index (κ1) is 17.7. The van der Waals surface area contributed by atoms with E-state index in [1.54, 1.807) is 0 Å². The van der Waals surface area contributed by atoms with Crippen molar-refractivity contribution in [3.8, 4) is 0 Å². The zero-order chi connectivity index (χ0) is 16.0. The van der Waals surface area contributed by atoms with Crippen LogP contribution in [0.15, 0.2) is 0 Å². The van der Waals surface area contributed by atoms with Crippen LogP contribution in [0.5, 0.6) is 0 Å². The lowest BCUT2D eigenvalue weighted by Crippen LogP contribution is -2.43. The second-order valence-electron chi connectivity index (χ2n) is 5.43. The van der Waals surface area contributed by atoms with Crippen LogP contribution >= 0.6 is 0 Å². The molecule has 0 radical (unpaired) electrons. The van der Waals surface area contributed by atoms with Gasteiger partial charge in [0.15, 0.2) is 0 Å². The van der Waals surface area contributed by atoms with E-state index in [1.165, 1.54) is 4.90 Å². The Bertz CT molecular complexity index is 373. The number of alkyl halides is 3. The molecule has 1 N–H and O–H groups in total. The highest BCUT2D eigenvalue weighted by molar-refractivity contribution is 5.77. The first-order chi connectivity index (χ1) is 9.69. The minimum Gasteiger partial charge on any atom is -0.481 e. The molecular weight excluding hydrogens is 291 g/mol. The van der Waals surface area contributed by atoms with Gasteiger partial charge in [-0.05, 0) is 24.7 Å². The van der Waals surface area contributed by atoms with Gasteiger partial charge >= 0.3 is 12.1 Å². The second-order valence-corrected chi connectivity index (χ2v) is 5.43. The molecule has 21 heavy (non-hydrogen) atoms. The molecule has 0 saturated carbocycles. The molecule has 0 aromatic heterocycles. The SMILES string of the molecule is CC(CC(=O)O)C1CCCN(C(=O)COCC(F)(F)F)C1. The molecule has 5 nitrogen and oxygen atoms in total. The highest BCUT2D eigenvalue weighted by Gasteiger charge is 2.30. The zero-order valence-corrected chi connectivity index (χ0v) is 11.9. The van der Waals surface area contributed by atoms with E-state index >= 15 is 0 Å². The van der Waals surface area contributed by atoms with E-state index in [0.717, 1.165) is 12.8 Å². The first-order valence-electron chi connectivity index (χ1n) is 6.83. The van der Waals surface area contributed by atoms with E-state index in [2.05, 4.69) is 4.74 Å². The van der Waals surface area contributed by atoms with Crippen LogP contribution in [0.2, 0.25) is 0 Å².